The highest BCUT2D eigenvalue weighted by molar-refractivity contribution is 6.04. The first kappa shape index (κ1) is 10.4. The van der Waals surface area contributed by atoms with E-state index < -0.39 is 0 Å². The molecule has 1 aliphatic heterocycles. The van der Waals surface area contributed by atoms with Crippen LogP contribution in [-0.4, -0.2) is 43.0 Å². The predicted octanol–water partition coefficient (Wildman–Crippen LogP) is -0.601. The first-order chi connectivity index (χ1) is 7.29. The number of rotatable bonds is 4. The largest absolute Gasteiger partial charge is 0.383 e. The number of methoxy groups -OCH3 is 1. The number of nitrogens with zero attached hydrogens (tertiary/aromatic N) is 3. The summed E-state index contributed by atoms with van der Waals surface area (Å²) in [5.41, 5.74) is 2.36. The van der Waals surface area contributed by atoms with E-state index in [2.05, 4.69) is 28.1 Å². The van der Waals surface area contributed by atoms with E-state index in [4.69, 9.17) is 4.74 Å². The zero-order valence-electron chi connectivity index (χ0n) is 9.16. The third-order valence-electron chi connectivity index (χ3n) is 2.40. The summed E-state index contributed by atoms with van der Waals surface area (Å²) in [6.07, 6.45) is 1.90. The summed E-state index contributed by atoms with van der Waals surface area (Å²) in [5.74, 6) is 0.695. The summed E-state index contributed by atoms with van der Waals surface area (Å²) in [4.78, 5) is 10.9. The number of hydrogen-bond acceptors (Lipinski definition) is 5. The SMILES string of the molecule is BN1Cc2cnc(NCCOC)nc2C1. The van der Waals surface area contributed by atoms with Gasteiger partial charge in [-0.1, -0.05) is 0 Å². The molecule has 0 aromatic carbocycles. The lowest BCUT2D eigenvalue weighted by Gasteiger charge is -2.04. The molecule has 0 saturated carbocycles. The van der Waals surface area contributed by atoms with Crippen molar-refractivity contribution in [2.45, 2.75) is 13.1 Å². The number of hydrogen-bond donors (Lipinski definition) is 1. The standard InChI is InChI=1S/C9H15BN4O/c1-15-3-2-11-9-12-4-7-5-14(10)6-8(7)13-9/h4H,2-3,5-6,10H2,1H3,(H,11,12,13). The molecule has 0 unspecified atom stereocenters. The van der Waals surface area contributed by atoms with Crippen molar-refractivity contribution in [2.24, 2.45) is 0 Å². The molecule has 0 fully saturated rings. The van der Waals surface area contributed by atoms with Crippen LogP contribution in [-0.2, 0) is 17.8 Å². The van der Waals surface area contributed by atoms with Crippen molar-refractivity contribution >= 4 is 13.9 Å². The number of ether oxygens (including phenoxy) is 1. The maximum absolute atomic E-state index is 4.95. The molecule has 0 bridgehead atoms. The summed E-state index contributed by atoms with van der Waals surface area (Å²) < 4.78 is 4.95. The lowest BCUT2D eigenvalue weighted by Crippen LogP contribution is -2.11. The normalized spacial score (nSPS) is 15.3. The molecular weight excluding hydrogens is 191 g/mol. The average molecular weight is 206 g/mol. The quantitative estimate of drug-likeness (QED) is 0.526. The summed E-state index contributed by atoms with van der Waals surface area (Å²) >= 11 is 0. The Kier molecular flexibility index (Phi) is 3.18. The zero-order valence-corrected chi connectivity index (χ0v) is 9.16. The average Bonchev–Trinajstić information content (AvgIpc) is 2.57. The number of fused-ring (bicyclic) bond motifs is 1. The second kappa shape index (κ2) is 4.59. The molecule has 15 heavy (non-hydrogen) atoms. The highest BCUT2D eigenvalue weighted by Gasteiger charge is 2.17. The fourth-order valence-electron chi connectivity index (χ4n) is 1.66. The molecule has 0 aliphatic carbocycles. The van der Waals surface area contributed by atoms with Crippen molar-refractivity contribution in [3.05, 3.63) is 17.5 Å². The Morgan fingerprint density at radius 1 is 1.60 bits per heavy atom. The van der Waals surface area contributed by atoms with Crippen LogP contribution >= 0.6 is 0 Å². The van der Waals surface area contributed by atoms with Crippen LogP contribution in [0.2, 0.25) is 0 Å². The van der Waals surface area contributed by atoms with Crippen molar-refractivity contribution in [2.75, 3.05) is 25.6 Å². The monoisotopic (exact) mass is 206 g/mol. The molecule has 5 nitrogen and oxygen atoms in total. The molecule has 0 atom stereocenters. The molecular formula is C9H15BN4O. The van der Waals surface area contributed by atoms with Crippen LogP contribution in [0.25, 0.3) is 0 Å². The van der Waals surface area contributed by atoms with Gasteiger partial charge in [-0.25, -0.2) is 9.97 Å². The van der Waals surface area contributed by atoms with Gasteiger partial charge in [-0.3, -0.25) is 0 Å². The fraction of sp³-hybridized carbons (Fsp3) is 0.556. The van der Waals surface area contributed by atoms with E-state index in [0.29, 0.717) is 12.6 Å². The number of anilines is 1. The van der Waals surface area contributed by atoms with Gasteiger partial charge in [-0.2, -0.15) is 0 Å². The second-order valence-corrected chi connectivity index (χ2v) is 3.76. The summed E-state index contributed by atoms with van der Waals surface area (Å²) in [5, 5.41) is 3.12. The molecule has 0 spiro atoms. The van der Waals surface area contributed by atoms with Gasteiger partial charge in [0.05, 0.1) is 12.3 Å². The Morgan fingerprint density at radius 3 is 3.27 bits per heavy atom. The lowest BCUT2D eigenvalue weighted by molar-refractivity contribution is 0.210. The van der Waals surface area contributed by atoms with Crippen LogP contribution in [0.3, 0.4) is 0 Å². The van der Waals surface area contributed by atoms with E-state index in [-0.39, 0.29) is 0 Å². The van der Waals surface area contributed by atoms with Crippen LogP contribution in [0, 0.1) is 0 Å². The molecule has 80 valence electrons. The Hall–Kier alpha value is -1.14. The molecule has 1 aromatic rings. The van der Waals surface area contributed by atoms with Gasteiger partial charge in [-0.05, 0) is 0 Å². The molecule has 2 rings (SSSR count). The Morgan fingerprint density at radius 2 is 2.47 bits per heavy atom. The van der Waals surface area contributed by atoms with Gasteiger partial charge in [0.2, 0.25) is 5.95 Å². The van der Waals surface area contributed by atoms with Crippen molar-refractivity contribution in [1.82, 2.24) is 14.8 Å². The first-order valence-electron chi connectivity index (χ1n) is 5.05. The van der Waals surface area contributed by atoms with E-state index in [0.717, 1.165) is 25.3 Å². The van der Waals surface area contributed by atoms with Gasteiger partial charge >= 0.3 is 0 Å². The van der Waals surface area contributed by atoms with Crippen molar-refractivity contribution in [3.63, 3.8) is 0 Å². The van der Waals surface area contributed by atoms with Crippen LogP contribution in [0.4, 0.5) is 5.95 Å². The van der Waals surface area contributed by atoms with Crippen molar-refractivity contribution in [1.29, 1.82) is 0 Å². The van der Waals surface area contributed by atoms with E-state index in [1.165, 1.54) is 5.56 Å². The molecule has 1 aromatic heterocycles. The van der Waals surface area contributed by atoms with E-state index in [1.807, 2.05) is 6.20 Å². The number of aromatic nitrogens is 2. The maximum Gasteiger partial charge on any atom is 0.222 e. The molecule has 0 amide bonds. The highest BCUT2D eigenvalue weighted by Crippen LogP contribution is 2.18. The molecule has 0 saturated heterocycles. The smallest absolute Gasteiger partial charge is 0.222 e. The van der Waals surface area contributed by atoms with Crippen molar-refractivity contribution in [3.8, 4) is 0 Å². The van der Waals surface area contributed by atoms with Gasteiger partial charge in [0.1, 0.15) is 0 Å². The van der Waals surface area contributed by atoms with Crippen LogP contribution in [0.1, 0.15) is 11.3 Å². The minimum Gasteiger partial charge on any atom is -0.383 e. The molecule has 0 radical (unpaired) electrons. The van der Waals surface area contributed by atoms with Gasteiger partial charge in [-0.15, -0.1) is 0 Å². The molecule has 1 aliphatic rings. The first-order valence-corrected chi connectivity index (χ1v) is 5.05. The van der Waals surface area contributed by atoms with Gasteiger partial charge in [0.15, 0.2) is 7.98 Å². The third kappa shape index (κ3) is 2.46. The maximum atomic E-state index is 4.95. The van der Waals surface area contributed by atoms with Crippen LogP contribution in [0.5, 0.6) is 0 Å². The fourth-order valence-corrected chi connectivity index (χ4v) is 1.66. The Bertz CT molecular complexity index is 347. The molecule has 2 heterocycles. The summed E-state index contributed by atoms with van der Waals surface area (Å²) in [6.45, 7) is 3.27. The van der Waals surface area contributed by atoms with Crippen molar-refractivity contribution < 1.29 is 4.74 Å². The van der Waals surface area contributed by atoms with Gasteiger partial charge in [0.25, 0.3) is 0 Å². The minimum atomic E-state index is 0.667. The van der Waals surface area contributed by atoms with Gasteiger partial charge < -0.3 is 14.9 Å². The minimum absolute atomic E-state index is 0.667. The zero-order chi connectivity index (χ0) is 10.7. The third-order valence-corrected chi connectivity index (χ3v) is 2.40. The van der Waals surface area contributed by atoms with Crippen LogP contribution < -0.4 is 5.32 Å². The predicted molar refractivity (Wildman–Crippen MR) is 60.2 cm³/mol. The van der Waals surface area contributed by atoms with E-state index >= 15 is 0 Å². The lowest BCUT2D eigenvalue weighted by atomic mass is 10.3. The Labute approximate surface area is 90.3 Å². The summed E-state index contributed by atoms with van der Waals surface area (Å²) in [6, 6.07) is 0. The molecule has 6 heteroatoms. The summed E-state index contributed by atoms with van der Waals surface area (Å²) in [7, 11) is 3.76. The molecule has 1 N–H and O–H groups in total. The highest BCUT2D eigenvalue weighted by atomic mass is 16.5. The van der Waals surface area contributed by atoms with Crippen LogP contribution in [0.15, 0.2) is 6.20 Å². The second-order valence-electron chi connectivity index (χ2n) is 3.76. The number of nitrogens with one attached hydrogen (secondary N) is 1. The van der Waals surface area contributed by atoms with E-state index in [9.17, 15) is 0 Å². The topological polar surface area (TPSA) is 50.3 Å². The van der Waals surface area contributed by atoms with Gasteiger partial charge in [0, 0.05) is 38.5 Å². The Balaban J connectivity index is 2.00. The van der Waals surface area contributed by atoms with E-state index in [1.54, 1.807) is 7.11 Å².